The van der Waals surface area contributed by atoms with Gasteiger partial charge in [-0.3, -0.25) is 0 Å². The Balaban J connectivity index is 1.44. The van der Waals surface area contributed by atoms with Crippen molar-refractivity contribution in [2.24, 2.45) is 5.92 Å². The monoisotopic (exact) mass is 359 g/mol. The average molecular weight is 359 g/mol. The van der Waals surface area contributed by atoms with E-state index in [9.17, 15) is 4.79 Å². The van der Waals surface area contributed by atoms with Gasteiger partial charge < -0.3 is 19.0 Å². The van der Waals surface area contributed by atoms with Crippen molar-refractivity contribution in [2.75, 3.05) is 13.2 Å². The van der Waals surface area contributed by atoms with Crippen molar-refractivity contribution >= 4 is 5.97 Å². The summed E-state index contributed by atoms with van der Waals surface area (Å²) >= 11 is 0. The second-order valence-corrected chi connectivity index (χ2v) is 6.84. The molecule has 1 aromatic carbocycles. The Kier molecular flexibility index (Phi) is 6.06. The number of oxazole rings is 1. The fourth-order valence-corrected chi connectivity index (χ4v) is 3.06. The average Bonchev–Trinajstić information content (AvgIpc) is 3.00. The molecule has 0 bridgehead atoms. The number of carboxylic acids is 1. The number of carbonyl (C=O) groups is 1. The standard InChI is InChI=1S/C20H25NO5/c1-13-7-9-16(10-8-13)18-21-17(14(2)26-18)6-4-3-5-15-11-24-20(19(22)23)25-12-15/h7-10,15,20H,3-6,11-12H2,1-2H3,(H,22,23). The molecule has 1 saturated heterocycles. The summed E-state index contributed by atoms with van der Waals surface area (Å²) in [4.78, 5) is 15.4. The van der Waals surface area contributed by atoms with Crippen LogP contribution in [0.3, 0.4) is 0 Å². The molecular weight excluding hydrogens is 334 g/mol. The van der Waals surface area contributed by atoms with E-state index in [1.807, 2.05) is 19.1 Å². The van der Waals surface area contributed by atoms with Crippen molar-refractivity contribution in [3.05, 3.63) is 41.3 Å². The predicted octanol–water partition coefficient (Wildman–Crippen LogP) is 3.74. The van der Waals surface area contributed by atoms with Crippen molar-refractivity contribution in [1.82, 2.24) is 4.98 Å². The number of benzene rings is 1. The molecule has 0 amide bonds. The third kappa shape index (κ3) is 4.71. The van der Waals surface area contributed by atoms with Crippen molar-refractivity contribution < 1.29 is 23.8 Å². The zero-order chi connectivity index (χ0) is 18.5. The lowest BCUT2D eigenvalue weighted by Gasteiger charge is -2.26. The number of nitrogens with zero attached hydrogens (tertiary/aromatic N) is 1. The van der Waals surface area contributed by atoms with Crippen molar-refractivity contribution in [3.63, 3.8) is 0 Å². The van der Waals surface area contributed by atoms with E-state index in [-0.39, 0.29) is 5.92 Å². The summed E-state index contributed by atoms with van der Waals surface area (Å²) in [5.41, 5.74) is 3.21. The van der Waals surface area contributed by atoms with Crippen molar-refractivity contribution in [1.29, 1.82) is 0 Å². The van der Waals surface area contributed by atoms with E-state index in [0.29, 0.717) is 19.1 Å². The van der Waals surface area contributed by atoms with Gasteiger partial charge in [0.2, 0.25) is 5.89 Å². The second-order valence-electron chi connectivity index (χ2n) is 6.84. The molecule has 140 valence electrons. The highest BCUT2D eigenvalue weighted by Crippen LogP contribution is 2.24. The van der Waals surface area contributed by atoms with Gasteiger partial charge in [0.15, 0.2) is 0 Å². The summed E-state index contributed by atoms with van der Waals surface area (Å²) in [6.45, 7) is 4.89. The first kappa shape index (κ1) is 18.6. The normalized spacial score (nSPS) is 20.2. The maximum atomic E-state index is 10.8. The lowest BCUT2D eigenvalue weighted by atomic mass is 10.0. The van der Waals surface area contributed by atoms with Crippen LogP contribution in [-0.2, 0) is 20.7 Å². The minimum absolute atomic E-state index is 0.257. The fraction of sp³-hybridized carbons (Fsp3) is 0.500. The van der Waals surface area contributed by atoms with Gasteiger partial charge in [0.25, 0.3) is 6.29 Å². The molecule has 1 aliphatic heterocycles. The number of aromatic nitrogens is 1. The number of aryl methyl sites for hydroxylation is 3. The lowest BCUT2D eigenvalue weighted by Crippen LogP contribution is -2.37. The Morgan fingerprint density at radius 3 is 2.50 bits per heavy atom. The molecule has 1 fully saturated rings. The predicted molar refractivity (Wildman–Crippen MR) is 95.8 cm³/mol. The Bertz CT molecular complexity index is 729. The third-order valence-electron chi connectivity index (χ3n) is 4.64. The number of carboxylic acid groups (broad SMARTS) is 1. The van der Waals surface area contributed by atoms with Crippen LogP contribution in [0.4, 0.5) is 0 Å². The van der Waals surface area contributed by atoms with E-state index in [4.69, 9.17) is 19.0 Å². The van der Waals surface area contributed by atoms with Crippen LogP contribution in [0, 0.1) is 19.8 Å². The van der Waals surface area contributed by atoms with Gasteiger partial charge in [-0.1, -0.05) is 24.1 Å². The molecule has 2 aromatic rings. The summed E-state index contributed by atoms with van der Waals surface area (Å²) < 4.78 is 16.2. The molecule has 0 radical (unpaired) electrons. The van der Waals surface area contributed by atoms with E-state index < -0.39 is 12.3 Å². The van der Waals surface area contributed by atoms with E-state index >= 15 is 0 Å². The molecule has 6 heteroatoms. The van der Waals surface area contributed by atoms with Gasteiger partial charge in [-0.25, -0.2) is 9.78 Å². The number of hydrogen-bond acceptors (Lipinski definition) is 5. The Labute approximate surface area is 153 Å². The third-order valence-corrected chi connectivity index (χ3v) is 4.64. The maximum Gasteiger partial charge on any atom is 0.361 e. The van der Waals surface area contributed by atoms with E-state index in [1.54, 1.807) is 0 Å². The summed E-state index contributed by atoms with van der Waals surface area (Å²) in [6.07, 6.45) is 2.73. The first-order valence-corrected chi connectivity index (χ1v) is 9.02. The van der Waals surface area contributed by atoms with Crippen LogP contribution in [-0.4, -0.2) is 35.6 Å². The van der Waals surface area contributed by atoms with Crippen LogP contribution < -0.4 is 0 Å². The van der Waals surface area contributed by atoms with Crippen LogP contribution in [0.2, 0.25) is 0 Å². The number of unbranched alkanes of at least 4 members (excludes halogenated alkanes) is 1. The highest BCUT2D eigenvalue weighted by atomic mass is 16.7. The molecule has 0 saturated carbocycles. The number of ether oxygens (including phenoxy) is 2. The van der Waals surface area contributed by atoms with E-state index in [0.717, 1.165) is 42.7 Å². The maximum absolute atomic E-state index is 10.8. The van der Waals surface area contributed by atoms with Crippen LogP contribution in [0.15, 0.2) is 28.7 Å². The Hall–Kier alpha value is -2.18. The van der Waals surface area contributed by atoms with Gasteiger partial charge >= 0.3 is 5.97 Å². The van der Waals surface area contributed by atoms with Crippen molar-refractivity contribution in [2.45, 2.75) is 45.8 Å². The SMILES string of the molecule is Cc1ccc(-c2nc(CCCCC3COC(C(=O)O)OC3)c(C)o2)cc1. The van der Waals surface area contributed by atoms with Crippen LogP contribution >= 0.6 is 0 Å². The lowest BCUT2D eigenvalue weighted by molar-refractivity contribution is -0.217. The number of rotatable bonds is 7. The van der Waals surface area contributed by atoms with Crippen LogP contribution in [0.5, 0.6) is 0 Å². The topological polar surface area (TPSA) is 81.8 Å². The molecule has 6 nitrogen and oxygen atoms in total. The smallest absolute Gasteiger partial charge is 0.361 e. The van der Waals surface area contributed by atoms with Gasteiger partial charge in [0, 0.05) is 11.5 Å². The molecular formula is C20H25NO5. The molecule has 26 heavy (non-hydrogen) atoms. The molecule has 1 aliphatic rings. The van der Waals surface area contributed by atoms with Crippen LogP contribution in [0.1, 0.15) is 36.3 Å². The molecule has 0 spiro atoms. The first-order valence-electron chi connectivity index (χ1n) is 9.02. The van der Waals surface area contributed by atoms with Gasteiger partial charge in [0.05, 0.1) is 18.9 Å². The van der Waals surface area contributed by atoms with Crippen LogP contribution in [0.25, 0.3) is 11.5 Å². The Morgan fingerprint density at radius 1 is 1.15 bits per heavy atom. The fourth-order valence-electron chi connectivity index (χ4n) is 3.06. The summed E-state index contributed by atoms with van der Waals surface area (Å²) in [5, 5.41) is 8.82. The molecule has 0 aliphatic carbocycles. The molecule has 0 atom stereocenters. The zero-order valence-corrected chi connectivity index (χ0v) is 15.2. The summed E-state index contributed by atoms with van der Waals surface area (Å²) in [5.74, 6) is 0.738. The highest BCUT2D eigenvalue weighted by Gasteiger charge is 2.27. The minimum atomic E-state index is -1.11. The molecule has 1 N–H and O–H groups in total. The Morgan fingerprint density at radius 2 is 1.85 bits per heavy atom. The number of aliphatic carboxylic acids is 1. The minimum Gasteiger partial charge on any atom is -0.477 e. The summed E-state index contributed by atoms with van der Waals surface area (Å²) in [6, 6.07) is 8.16. The van der Waals surface area contributed by atoms with Gasteiger partial charge in [0.1, 0.15) is 5.76 Å². The van der Waals surface area contributed by atoms with Gasteiger partial charge in [-0.2, -0.15) is 0 Å². The van der Waals surface area contributed by atoms with Gasteiger partial charge in [-0.05, 0) is 45.2 Å². The largest absolute Gasteiger partial charge is 0.477 e. The van der Waals surface area contributed by atoms with Gasteiger partial charge in [-0.15, -0.1) is 0 Å². The quantitative estimate of drug-likeness (QED) is 0.758. The van der Waals surface area contributed by atoms with E-state index in [2.05, 4.69) is 24.0 Å². The molecule has 0 unspecified atom stereocenters. The molecule has 3 rings (SSSR count). The molecule has 1 aromatic heterocycles. The zero-order valence-electron chi connectivity index (χ0n) is 15.2. The second kappa shape index (κ2) is 8.47. The molecule has 2 heterocycles. The number of hydrogen-bond donors (Lipinski definition) is 1. The highest BCUT2D eigenvalue weighted by molar-refractivity contribution is 5.70. The van der Waals surface area contributed by atoms with E-state index in [1.165, 1.54) is 5.56 Å². The summed E-state index contributed by atoms with van der Waals surface area (Å²) in [7, 11) is 0. The first-order chi connectivity index (χ1) is 12.5. The van der Waals surface area contributed by atoms with Crippen molar-refractivity contribution in [3.8, 4) is 11.5 Å².